The van der Waals surface area contributed by atoms with E-state index in [-0.39, 0.29) is 23.4 Å². The molecule has 1 aliphatic carbocycles. The molecule has 2 aromatic rings. The van der Waals surface area contributed by atoms with Crippen molar-refractivity contribution in [1.29, 1.82) is 10.5 Å². The molecule has 2 aliphatic rings. The number of nitrogens with zero attached hydrogens (tertiary/aromatic N) is 5. The molecule has 31 heavy (non-hydrogen) atoms. The lowest BCUT2D eigenvalue weighted by molar-refractivity contribution is -0.183. The Kier molecular flexibility index (Phi) is 6.01. The fraction of sp³-hybridized carbons (Fsp3) is 0.478. The minimum absolute atomic E-state index is 0.0608. The number of hydroxylamine groups is 2. The summed E-state index contributed by atoms with van der Waals surface area (Å²) in [7, 11) is 0. The smallest absolute Gasteiger partial charge is 0.249 e. The minimum Gasteiger partial charge on any atom is -0.333 e. The van der Waals surface area contributed by atoms with Gasteiger partial charge in [-0.1, -0.05) is 0 Å². The first-order chi connectivity index (χ1) is 15.0. The molecule has 1 saturated heterocycles. The van der Waals surface area contributed by atoms with E-state index in [1.54, 1.807) is 12.4 Å². The predicted octanol–water partition coefficient (Wildman–Crippen LogP) is 3.79. The summed E-state index contributed by atoms with van der Waals surface area (Å²) in [5, 5.41) is 19.6. The molecule has 0 N–H and O–H groups in total. The van der Waals surface area contributed by atoms with E-state index in [2.05, 4.69) is 11.1 Å². The number of benzene rings is 1. The van der Waals surface area contributed by atoms with Crippen LogP contribution in [-0.4, -0.2) is 27.1 Å². The van der Waals surface area contributed by atoms with Crippen molar-refractivity contribution in [2.24, 2.45) is 11.8 Å². The topological polar surface area (TPSA) is 94.9 Å². The highest BCUT2D eigenvalue weighted by Gasteiger charge is 2.37. The third kappa shape index (κ3) is 4.30. The number of nitriles is 2. The summed E-state index contributed by atoms with van der Waals surface area (Å²) in [5.41, 5.74) is 2.17. The first-order valence-electron chi connectivity index (χ1n) is 10.6. The Morgan fingerprint density at radius 3 is 2.65 bits per heavy atom. The Labute approximate surface area is 180 Å². The highest BCUT2D eigenvalue weighted by molar-refractivity contribution is 5.78. The minimum atomic E-state index is -0.483. The number of hydrogen-bond donors (Lipinski definition) is 0. The number of amides is 1. The molecule has 0 spiro atoms. The average molecular weight is 421 g/mol. The van der Waals surface area contributed by atoms with E-state index in [4.69, 9.17) is 15.4 Å². The fourth-order valence-corrected chi connectivity index (χ4v) is 4.65. The second kappa shape index (κ2) is 8.87. The Hall–Kier alpha value is -3.23. The third-order valence-electron chi connectivity index (χ3n) is 6.41. The first kappa shape index (κ1) is 21.0. The SMILES string of the molecule is Cc1c(C#N)ncn1CC1CCC(C(=O)N2OCC[C@H]2c2cc(F)cc(C#N)c2)CC1. The van der Waals surface area contributed by atoms with Crippen molar-refractivity contribution in [2.45, 2.75) is 51.6 Å². The molecule has 4 rings (SSSR count). The van der Waals surface area contributed by atoms with E-state index in [0.717, 1.165) is 37.9 Å². The Balaban J connectivity index is 1.39. The number of hydrogen-bond acceptors (Lipinski definition) is 5. The van der Waals surface area contributed by atoms with E-state index >= 15 is 0 Å². The Bertz CT molecular complexity index is 1060. The second-order valence-corrected chi connectivity index (χ2v) is 8.35. The van der Waals surface area contributed by atoms with Crippen molar-refractivity contribution in [3.63, 3.8) is 0 Å². The van der Waals surface area contributed by atoms with E-state index < -0.39 is 5.82 Å². The predicted molar refractivity (Wildman–Crippen MR) is 108 cm³/mol. The van der Waals surface area contributed by atoms with Crippen LogP contribution in [0.4, 0.5) is 4.39 Å². The van der Waals surface area contributed by atoms with Crippen LogP contribution in [0.1, 0.15) is 60.7 Å². The van der Waals surface area contributed by atoms with Crippen molar-refractivity contribution in [3.05, 3.63) is 52.9 Å². The zero-order chi connectivity index (χ0) is 22.0. The number of carbonyl (C=O) groups excluding carboxylic acids is 1. The summed E-state index contributed by atoms with van der Waals surface area (Å²) in [5.74, 6) is -0.239. The largest absolute Gasteiger partial charge is 0.333 e. The van der Waals surface area contributed by atoms with Crippen LogP contribution < -0.4 is 0 Å². The highest BCUT2D eigenvalue weighted by atomic mass is 19.1. The zero-order valence-electron chi connectivity index (χ0n) is 17.4. The Morgan fingerprint density at radius 2 is 1.97 bits per heavy atom. The van der Waals surface area contributed by atoms with E-state index in [1.165, 1.54) is 17.2 Å². The van der Waals surface area contributed by atoms with Gasteiger partial charge in [-0.25, -0.2) is 14.4 Å². The maximum atomic E-state index is 13.9. The molecule has 1 amide bonds. The summed E-state index contributed by atoms with van der Waals surface area (Å²) in [4.78, 5) is 22.9. The van der Waals surface area contributed by atoms with E-state index in [0.29, 0.717) is 30.2 Å². The summed E-state index contributed by atoms with van der Waals surface area (Å²) in [6.45, 7) is 3.09. The molecule has 1 atom stereocenters. The monoisotopic (exact) mass is 421 g/mol. The summed E-state index contributed by atoms with van der Waals surface area (Å²) >= 11 is 0. The quantitative estimate of drug-likeness (QED) is 0.749. The van der Waals surface area contributed by atoms with Gasteiger partial charge < -0.3 is 4.57 Å². The van der Waals surface area contributed by atoms with Crippen LogP contribution in [0.2, 0.25) is 0 Å². The van der Waals surface area contributed by atoms with Gasteiger partial charge in [-0.2, -0.15) is 10.5 Å². The number of imidazole rings is 1. The lowest BCUT2D eigenvalue weighted by Crippen LogP contribution is -2.37. The van der Waals surface area contributed by atoms with Crippen LogP contribution in [0, 0.1) is 47.2 Å². The van der Waals surface area contributed by atoms with Crippen molar-refractivity contribution < 1.29 is 14.0 Å². The summed E-state index contributed by atoms with van der Waals surface area (Å²) in [6, 6.07) is 7.88. The third-order valence-corrected chi connectivity index (χ3v) is 6.41. The van der Waals surface area contributed by atoms with Crippen molar-refractivity contribution in [2.75, 3.05) is 6.61 Å². The van der Waals surface area contributed by atoms with Gasteiger partial charge in [0.05, 0.1) is 36.3 Å². The van der Waals surface area contributed by atoms with Crippen LogP contribution >= 0.6 is 0 Å². The number of carbonyl (C=O) groups is 1. The molecule has 0 unspecified atom stereocenters. The standard InChI is InChI=1S/C23H24FN5O2/c1-15-21(12-26)27-14-28(15)13-16-2-4-18(5-3-16)23(30)29-22(6-7-31-29)19-8-17(11-25)9-20(24)10-19/h8-10,14,16,18,22H,2-7,13H2,1H3/t16?,18?,22-/m0/s1. The number of halogens is 1. The molecule has 2 fully saturated rings. The second-order valence-electron chi connectivity index (χ2n) is 8.35. The maximum absolute atomic E-state index is 13.9. The average Bonchev–Trinajstić information content (AvgIpc) is 3.40. The molecule has 1 saturated carbocycles. The molecule has 1 aromatic carbocycles. The van der Waals surface area contributed by atoms with Crippen LogP contribution in [0.25, 0.3) is 0 Å². The van der Waals surface area contributed by atoms with Gasteiger partial charge in [-0.15, -0.1) is 0 Å². The van der Waals surface area contributed by atoms with Gasteiger partial charge in [-0.05, 0) is 62.3 Å². The van der Waals surface area contributed by atoms with Crippen LogP contribution in [0.15, 0.2) is 24.5 Å². The lowest BCUT2D eigenvalue weighted by atomic mass is 9.81. The molecule has 8 heteroatoms. The molecular formula is C23H24FN5O2. The van der Waals surface area contributed by atoms with Crippen molar-refractivity contribution >= 4 is 5.91 Å². The zero-order valence-corrected chi connectivity index (χ0v) is 17.4. The van der Waals surface area contributed by atoms with Gasteiger partial charge in [0.25, 0.3) is 0 Å². The molecule has 1 aliphatic heterocycles. The van der Waals surface area contributed by atoms with E-state index in [1.807, 2.05) is 17.6 Å². The maximum Gasteiger partial charge on any atom is 0.249 e. The van der Waals surface area contributed by atoms with Gasteiger partial charge in [0.15, 0.2) is 5.69 Å². The first-order valence-corrected chi connectivity index (χ1v) is 10.6. The Morgan fingerprint density at radius 1 is 1.19 bits per heavy atom. The van der Waals surface area contributed by atoms with Gasteiger partial charge in [0.1, 0.15) is 11.9 Å². The van der Waals surface area contributed by atoms with Gasteiger partial charge >= 0.3 is 0 Å². The van der Waals surface area contributed by atoms with Crippen LogP contribution in [-0.2, 0) is 16.2 Å². The fourth-order valence-electron chi connectivity index (χ4n) is 4.65. The van der Waals surface area contributed by atoms with Crippen molar-refractivity contribution in [3.8, 4) is 12.1 Å². The summed E-state index contributed by atoms with van der Waals surface area (Å²) in [6.07, 6.45) is 5.64. The highest BCUT2D eigenvalue weighted by Crippen LogP contribution is 2.37. The lowest BCUT2D eigenvalue weighted by Gasteiger charge is -2.32. The molecular weight excluding hydrogens is 397 g/mol. The normalized spacial score (nSPS) is 23.4. The van der Waals surface area contributed by atoms with Crippen molar-refractivity contribution in [1.82, 2.24) is 14.6 Å². The van der Waals surface area contributed by atoms with Gasteiger partial charge in [-0.3, -0.25) is 9.63 Å². The molecule has 160 valence electrons. The number of rotatable bonds is 4. The van der Waals surface area contributed by atoms with Crippen LogP contribution in [0.3, 0.4) is 0 Å². The molecule has 0 radical (unpaired) electrons. The molecule has 0 bridgehead atoms. The van der Waals surface area contributed by atoms with Gasteiger partial charge in [0.2, 0.25) is 5.91 Å². The number of aromatic nitrogens is 2. The summed E-state index contributed by atoms with van der Waals surface area (Å²) < 4.78 is 15.9. The van der Waals surface area contributed by atoms with E-state index in [9.17, 15) is 9.18 Å². The molecule has 7 nitrogen and oxygen atoms in total. The van der Waals surface area contributed by atoms with Gasteiger partial charge in [0, 0.05) is 18.9 Å². The van der Waals surface area contributed by atoms with Crippen LogP contribution in [0.5, 0.6) is 0 Å². The molecule has 1 aromatic heterocycles. The molecule has 2 heterocycles.